The first-order chi connectivity index (χ1) is 13.7. The second-order valence-electron chi connectivity index (χ2n) is 6.04. The number of hydrogen-bond donors (Lipinski definition) is 1. The molecular weight excluding hydrogens is 390 g/mol. The van der Waals surface area contributed by atoms with E-state index in [4.69, 9.17) is 4.74 Å². The third-order valence-electron chi connectivity index (χ3n) is 4.05. The van der Waals surface area contributed by atoms with Gasteiger partial charge < -0.3 is 14.8 Å². The number of carbonyl (C=O) groups is 2. The van der Waals surface area contributed by atoms with E-state index >= 15 is 0 Å². The molecule has 8 nitrogen and oxygen atoms in total. The van der Waals surface area contributed by atoms with Crippen LogP contribution in [-0.4, -0.2) is 37.1 Å². The summed E-state index contributed by atoms with van der Waals surface area (Å²) in [6.07, 6.45) is -0.380. The van der Waals surface area contributed by atoms with Crippen molar-refractivity contribution in [2.24, 2.45) is 0 Å². The van der Waals surface area contributed by atoms with Crippen molar-refractivity contribution in [3.63, 3.8) is 0 Å². The van der Waals surface area contributed by atoms with Crippen molar-refractivity contribution in [2.75, 3.05) is 14.2 Å². The monoisotopic (exact) mass is 408 g/mol. The number of nitro benzene ring substituents is 1. The summed E-state index contributed by atoms with van der Waals surface area (Å²) >= 11 is 0. The number of amides is 1. The molecule has 1 atom stereocenters. The standard InChI is InChI=1S/C19H18F2N2O6/c1-28-17-6-4-12(9-16(17)23(26)27)8-15(19(25)29-2)22-18(24)10-11-3-5-13(20)14(21)7-11/h3-7,9,15H,8,10H2,1-2H3,(H,22,24)/t15-/m1/s1. The Hall–Kier alpha value is -3.56. The van der Waals surface area contributed by atoms with Crippen LogP contribution in [0.2, 0.25) is 0 Å². The number of methoxy groups -OCH3 is 2. The van der Waals surface area contributed by atoms with Crippen molar-refractivity contribution < 1.29 is 32.8 Å². The molecule has 0 fully saturated rings. The largest absolute Gasteiger partial charge is 0.490 e. The van der Waals surface area contributed by atoms with Gasteiger partial charge in [0.25, 0.3) is 0 Å². The Kier molecular flexibility index (Phi) is 7.18. The summed E-state index contributed by atoms with van der Waals surface area (Å²) in [5.41, 5.74) is 0.313. The van der Waals surface area contributed by atoms with Crippen LogP contribution in [0.3, 0.4) is 0 Å². The maximum absolute atomic E-state index is 13.3. The lowest BCUT2D eigenvalue weighted by atomic mass is 10.0. The van der Waals surface area contributed by atoms with Crippen molar-refractivity contribution in [2.45, 2.75) is 18.9 Å². The van der Waals surface area contributed by atoms with Crippen LogP contribution in [0.1, 0.15) is 11.1 Å². The SMILES string of the molecule is COC(=O)[C@@H](Cc1ccc(OC)c([N+](=O)[O-])c1)NC(=O)Cc1ccc(F)c(F)c1. The van der Waals surface area contributed by atoms with Crippen LogP contribution in [0.25, 0.3) is 0 Å². The van der Waals surface area contributed by atoms with E-state index in [-0.39, 0.29) is 29.8 Å². The number of benzene rings is 2. The molecule has 0 heterocycles. The molecule has 29 heavy (non-hydrogen) atoms. The quantitative estimate of drug-likeness (QED) is 0.408. The van der Waals surface area contributed by atoms with E-state index < -0.39 is 34.5 Å². The van der Waals surface area contributed by atoms with E-state index in [1.165, 1.54) is 31.4 Å². The number of ether oxygens (including phenoxy) is 2. The van der Waals surface area contributed by atoms with E-state index in [2.05, 4.69) is 10.1 Å². The fourth-order valence-electron chi connectivity index (χ4n) is 2.66. The molecule has 10 heteroatoms. The summed E-state index contributed by atoms with van der Waals surface area (Å²) < 4.78 is 35.9. The number of hydrogen-bond acceptors (Lipinski definition) is 6. The Bertz CT molecular complexity index is 935. The first-order valence-electron chi connectivity index (χ1n) is 8.37. The number of nitrogens with one attached hydrogen (secondary N) is 1. The highest BCUT2D eigenvalue weighted by atomic mass is 19.2. The van der Waals surface area contributed by atoms with Crippen molar-refractivity contribution in [1.29, 1.82) is 0 Å². The predicted molar refractivity (Wildman–Crippen MR) is 97.4 cm³/mol. The van der Waals surface area contributed by atoms with E-state index in [9.17, 15) is 28.5 Å². The molecule has 0 aliphatic heterocycles. The number of carbonyl (C=O) groups excluding carboxylic acids is 2. The second kappa shape index (κ2) is 9.58. The van der Waals surface area contributed by atoms with Crippen LogP contribution in [0, 0.1) is 21.7 Å². The fourth-order valence-corrected chi connectivity index (χ4v) is 2.66. The van der Waals surface area contributed by atoms with Gasteiger partial charge in [0.15, 0.2) is 17.4 Å². The number of rotatable bonds is 8. The van der Waals surface area contributed by atoms with Gasteiger partial charge in [-0.25, -0.2) is 13.6 Å². The molecule has 2 rings (SSSR count). The lowest BCUT2D eigenvalue weighted by Gasteiger charge is -2.17. The fraction of sp³-hybridized carbons (Fsp3) is 0.263. The van der Waals surface area contributed by atoms with E-state index in [1.807, 2.05) is 0 Å². The van der Waals surface area contributed by atoms with Crippen LogP contribution < -0.4 is 10.1 Å². The van der Waals surface area contributed by atoms with Crippen LogP contribution in [-0.2, 0) is 27.2 Å². The zero-order valence-corrected chi connectivity index (χ0v) is 15.6. The van der Waals surface area contributed by atoms with Gasteiger partial charge in [-0.2, -0.15) is 0 Å². The van der Waals surface area contributed by atoms with Crippen molar-refractivity contribution in [1.82, 2.24) is 5.32 Å². The molecular formula is C19H18F2N2O6. The zero-order chi connectivity index (χ0) is 21.6. The maximum atomic E-state index is 13.3. The van der Waals surface area contributed by atoms with Crippen molar-refractivity contribution in [3.05, 3.63) is 69.3 Å². The number of halogens is 2. The number of nitro groups is 1. The predicted octanol–water partition coefficient (Wildman–Crippen LogP) is 2.32. The van der Waals surface area contributed by atoms with Gasteiger partial charge in [0.1, 0.15) is 6.04 Å². The first kappa shape index (κ1) is 21.7. The Morgan fingerprint density at radius 1 is 1.10 bits per heavy atom. The molecule has 0 aliphatic carbocycles. The number of nitrogens with zero attached hydrogens (tertiary/aromatic N) is 1. The molecule has 1 amide bonds. The second-order valence-corrected chi connectivity index (χ2v) is 6.04. The molecule has 2 aromatic carbocycles. The number of esters is 1. The smallest absolute Gasteiger partial charge is 0.328 e. The highest BCUT2D eigenvalue weighted by molar-refractivity contribution is 5.85. The highest BCUT2D eigenvalue weighted by Gasteiger charge is 2.24. The average molecular weight is 408 g/mol. The van der Waals surface area contributed by atoms with Gasteiger partial charge in [0.05, 0.1) is 25.6 Å². The molecule has 0 unspecified atom stereocenters. The highest BCUT2D eigenvalue weighted by Crippen LogP contribution is 2.28. The third kappa shape index (κ3) is 5.71. The molecule has 1 N–H and O–H groups in total. The summed E-state index contributed by atoms with van der Waals surface area (Å²) in [6.45, 7) is 0. The van der Waals surface area contributed by atoms with Crippen LogP contribution >= 0.6 is 0 Å². The molecule has 0 saturated heterocycles. The Morgan fingerprint density at radius 3 is 2.38 bits per heavy atom. The van der Waals surface area contributed by atoms with Gasteiger partial charge in [-0.05, 0) is 29.3 Å². The Balaban J connectivity index is 2.16. The summed E-state index contributed by atoms with van der Waals surface area (Å²) in [5.74, 6) is -3.47. The average Bonchev–Trinajstić information content (AvgIpc) is 2.69. The summed E-state index contributed by atoms with van der Waals surface area (Å²) in [5, 5.41) is 13.6. The minimum Gasteiger partial charge on any atom is -0.490 e. The minimum atomic E-state index is -1.13. The van der Waals surface area contributed by atoms with Gasteiger partial charge in [-0.1, -0.05) is 12.1 Å². The van der Waals surface area contributed by atoms with Gasteiger partial charge in [0, 0.05) is 12.5 Å². The Labute approximate surface area is 164 Å². The molecule has 0 spiro atoms. The molecule has 0 aromatic heterocycles. The molecule has 0 saturated carbocycles. The van der Waals surface area contributed by atoms with Gasteiger partial charge >= 0.3 is 11.7 Å². The molecule has 154 valence electrons. The van der Waals surface area contributed by atoms with Gasteiger partial charge in [-0.3, -0.25) is 14.9 Å². The molecule has 0 bridgehead atoms. The van der Waals surface area contributed by atoms with Crippen molar-refractivity contribution in [3.8, 4) is 5.75 Å². The minimum absolute atomic E-state index is 0.0516. The summed E-state index contributed by atoms with van der Waals surface area (Å²) in [7, 11) is 2.42. The molecule has 0 aliphatic rings. The van der Waals surface area contributed by atoms with Gasteiger partial charge in [0.2, 0.25) is 5.91 Å². The van der Waals surface area contributed by atoms with Crippen LogP contribution in [0.5, 0.6) is 5.75 Å². The molecule has 2 aromatic rings. The van der Waals surface area contributed by atoms with E-state index in [0.29, 0.717) is 5.56 Å². The first-order valence-corrected chi connectivity index (χ1v) is 8.37. The third-order valence-corrected chi connectivity index (χ3v) is 4.05. The lowest BCUT2D eigenvalue weighted by Crippen LogP contribution is -2.43. The Morgan fingerprint density at radius 2 is 1.79 bits per heavy atom. The van der Waals surface area contributed by atoms with Crippen molar-refractivity contribution >= 4 is 17.6 Å². The summed E-state index contributed by atoms with van der Waals surface area (Å²) in [6, 6.07) is 6.02. The molecule has 0 radical (unpaired) electrons. The van der Waals surface area contributed by atoms with E-state index in [1.54, 1.807) is 0 Å². The van der Waals surface area contributed by atoms with Gasteiger partial charge in [-0.15, -0.1) is 0 Å². The maximum Gasteiger partial charge on any atom is 0.328 e. The van der Waals surface area contributed by atoms with Crippen LogP contribution in [0.15, 0.2) is 36.4 Å². The van der Waals surface area contributed by atoms with E-state index in [0.717, 1.165) is 19.2 Å². The topological polar surface area (TPSA) is 108 Å². The normalized spacial score (nSPS) is 11.4. The lowest BCUT2D eigenvalue weighted by molar-refractivity contribution is -0.385. The van der Waals surface area contributed by atoms with Crippen LogP contribution in [0.4, 0.5) is 14.5 Å². The summed E-state index contributed by atoms with van der Waals surface area (Å²) in [4.78, 5) is 34.8. The zero-order valence-electron chi connectivity index (χ0n) is 15.6.